The van der Waals surface area contributed by atoms with Crippen LogP contribution in [0.4, 0.5) is 10.1 Å². The van der Waals surface area contributed by atoms with E-state index in [-0.39, 0.29) is 29.8 Å². The van der Waals surface area contributed by atoms with Gasteiger partial charge in [-0.1, -0.05) is 18.2 Å². The lowest BCUT2D eigenvalue weighted by Crippen LogP contribution is -2.34. The lowest BCUT2D eigenvalue weighted by molar-refractivity contribution is -0.120. The van der Waals surface area contributed by atoms with E-state index in [1.165, 1.54) is 31.0 Å². The summed E-state index contributed by atoms with van der Waals surface area (Å²) < 4.78 is 13.2. The van der Waals surface area contributed by atoms with Gasteiger partial charge >= 0.3 is 0 Å². The summed E-state index contributed by atoms with van der Waals surface area (Å²) in [6.07, 6.45) is 2.51. The van der Waals surface area contributed by atoms with E-state index in [9.17, 15) is 14.0 Å². The van der Waals surface area contributed by atoms with Gasteiger partial charge in [0.25, 0.3) is 5.91 Å². The molecule has 2 aromatic rings. The second-order valence-electron chi connectivity index (χ2n) is 6.52. The van der Waals surface area contributed by atoms with Crippen molar-refractivity contribution in [2.45, 2.75) is 19.4 Å². The summed E-state index contributed by atoms with van der Waals surface area (Å²) >= 11 is 0. The monoisotopic (exact) mass is 391 g/mol. The molecule has 2 aromatic carbocycles. The fraction of sp³-hybridized carbons (Fsp3) is 0.300. The van der Waals surface area contributed by atoms with Gasteiger partial charge in [0.05, 0.1) is 6.54 Å². The van der Waals surface area contributed by atoms with Crippen LogP contribution >= 0.6 is 12.4 Å². The molecule has 7 heteroatoms. The molecule has 5 nitrogen and oxygen atoms in total. The number of halogens is 2. The van der Waals surface area contributed by atoms with Crippen molar-refractivity contribution in [2.24, 2.45) is 5.92 Å². The van der Waals surface area contributed by atoms with E-state index < -0.39 is 5.82 Å². The zero-order valence-electron chi connectivity index (χ0n) is 14.8. The third kappa shape index (κ3) is 7.00. The molecule has 0 atom stereocenters. The summed E-state index contributed by atoms with van der Waals surface area (Å²) in [6.45, 7) is 1.59. The van der Waals surface area contributed by atoms with Gasteiger partial charge in [-0.2, -0.15) is 0 Å². The van der Waals surface area contributed by atoms with Crippen LogP contribution in [-0.2, 0) is 11.3 Å². The highest BCUT2D eigenvalue weighted by atomic mass is 35.5. The third-order valence-corrected chi connectivity index (χ3v) is 4.18. The number of carbonyl (C=O) groups excluding carboxylic acids is 2. The van der Waals surface area contributed by atoms with Gasteiger partial charge in [0.1, 0.15) is 5.82 Å². The molecule has 0 saturated heterocycles. The first-order chi connectivity index (χ1) is 12.6. The number of benzene rings is 2. The SMILES string of the molecule is Cl.O=C(CNCC1CC1)NCc1cccc(NC(=O)c2cccc(F)c2)c1. The standard InChI is InChI=1S/C20H22FN3O2.ClH/c21-17-5-2-4-16(10-17)20(26)24-18-6-1-3-15(9-18)12-23-19(25)13-22-11-14-7-8-14;/h1-6,9-10,14,22H,7-8,11-13H2,(H,23,25)(H,24,26);1H. The number of anilines is 1. The maximum Gasteiger partial charge on any atom is 0.255 e. The average Bonchev–Trinajstić information content (AvgIpc) is 3.45. The van der Waals surface area contributed by atoms with Crippen LogP contribution in [0.3, 0.4) is 0 Å². The van der Waals surface area contributed by atoms with Gasteiger partial charge in [0, 0.05) is 17.8 Å². The Morgan fingerprint density at radius 2 is 1.85 bits per heavy atom. The van der Waals surface area contributed by atoms with Gasteiger partial charge in [0.2, 0.25) is 5.91 Å². The predicted molar refractivity (Wildman–Crippen MR) is 105 cm³/mol. The maximum absolute atomic E-state index is 13.2. The minimum absolute atomic E-state index is 0. The number of nitrogens with one attached hydrogen (secondary N) is 3. The van der Waals surface area contributed by atoms with E-state index in [0.717, 1.165) is 18.0 Å². The molecule has 3 rings (SSSR count). The number of amides is 2. The van der Waals surface area contributed by atoms with E-state index in [1.807, 2.05) is 6.07 Å². The number of rotatable bonds is 8. The molecule has 2 amide bonds. The van der Waals surface area contributed by atoms with Gasteiger partial charge in [-0.25, -0.2) is 4.39 Å². The van der Waals surface area contributed by atoms with Gasteiger partial charge in [0.15, 0.2) is 0 Å². The van der Waals surface area contributed by atoms with Crippen molar-refractivity contribution in [2.75, 3.05) is 18.4 Å². The third-order valence-electron chi connectivity index (χ3n) is 4.18. The summed E-state index contributed by atoms with van der Waals surface area (Å²) in [5.74, 6) is -0.152. The number of carbonyl (C=O) groups is 2. The molecule has 0 heterocycles. The molecule has 0 aromatic heterocycles. The summed E-state index contributed by atoms with van der Waals surface area (Å²) in [4.78, 5) is 24.0. The summed E-state index contributed by atoms with van der Waals surface area (Å²) in [6, 6.07) is 12.7. The van der Waals surface area contributed by atoms with Crippen LogP contribution in [0.2, 0.25) is 0 Å². The van der Waals surface area contributed by atoms with Crippen molar-refractivity contribution in [3.05, 3.63) is 65.5 Å². The van der Waals surface area contributed by atoms with Crippen LogP contribution in [0.5, 0.6) is 0 Å². The summed E-state index contributed by atoms with van der Waals surface area (Å²) in [5, 5.41) is 8.73. The van der Waals surface area contributed by atoms with Crippen LogP contribution in [0.1, 0.15) is 28.8 Å². The molecule has 0 radical (unpaired) electrons. The van der Waals surface area contributed by atoms with Crippen LogP contribution in [0, 0.1) is 11.7 Å². The molecule has 0 aliphatic heterocycles. The first-order valence-electron chi connectivity index (χ1n) is 8.73. The minimum atomic E-state index is -0.454. The molecule has 1 fully saturated rings. The molecule has 0 spiro atoms. The highest BCUT2D eigenvalue weighted by molar-refractivity contribution is 6.04. The average molecular weight is 392 g/mol. The van der Waals surface area contributed by atoms with Crippen LogP contribution in [0.25, 0.3) is 0 Å². The normalized spacial score (nSPS) is 12.8. The molecular formula is C20H23ClFN3O2. The highest BCUT2D eigenvalue weighted by Crippen LogP contribution is 2.27. The maximum atomic E-state index is 13.2. The summed E-state index contributed by atoms with van der Waals surface area (Å²) in [7, 11) is 0. The Kier molecular flexibility index (Phi) is 7.76. The number of hydrogen-bond acceptors (Lipinski definition) is 3. The van der Waals surface area contributed by atoms with Gasteiger partial charge in [-0.05, 0) is 61.2 Å². The van der Waals surface area contributed by atoms with E-state index in [1.54, 1.807) is 24.3 Å². The van der Waals surface area contributed by atoms with Gasteiger partial charge in [-0.3, -0.25) is 9.59 Å². The van der Waals surface area contributed by atoms with E-state index in [0.29, 0.717) is 18.8 Å². The van der Waals surface area contributed by atoms with Crippen molar-refractivity contribution >= 4 is 29.9 Å². The van der Waals surface area contributed by atoms with Crippen molar-refractivity contribution in [3.63, 3.8) is 0 Å². The fourth-order valence-electron chi connectivity index (χ4n) is 2.57. The van der Waals surface area contributed by atoms with E-state index in [2.05, 4.69) is 16.0 Å². The summed E-state index contributed by atoms with van der Waals surface area (Å²) in [5.41, 5.74) is 1.72. The zero-order chi connectivity index (χ0) is 18.4. The van der Waals surface area contributed by atoms with Crippen molar-refractivity contribution in [1.29, 1.82) is 0 Å². The fourth-order valence-corrected chi connectivity index (χ4v) is 2.57. The molecule has 0 unspecified atom stereocenters. The van der Waals surface area contributed by atoms with Gasteiger partial charge < -0.3 is 16.0 Å². The van der Waals surface area contributed by atoms with E-state index in [4.69, 9.17) is 0 Å². The Labute approximate surface area is 164 Å². The van der Waals surface area contributed by atoms with Crippen molar-refractivity contribution in [3.8, 4) is 0 Å². The molecule has 1 saturated carbocycles. The molecule has 1 aliphatic carbocycles. The quantitative estimate of drug-likeness (QED) is 0.647. The Hall–Kier alpha value is -2.44. The van der Waals surface area contributed by atoms with Crippen LogP contribution < -0.4 is 16.0 Å². The van der Waals surface area contributed by atoms with Crippen LogP contribution in [-0.4, -0.2) is 24.9 Å². The first-order valence-corrected chi connectivity index (χ1v) is 8.73. The Morgan fingerprint density at radius 3 is 2.59 bits per heavy atom. The highest BCUT2D eigenvalue weighted by Gasteiger charge is 2.20. The second-order valence-corrected chi connectivity index (χ2v) is 6.52. The molecule has 1 aliphatic rings. The Balaban J connectivity index is 0.00000261. The van der Waals surface area contributed by atoms with Crippen molar-refractivity contribution in [1.82, 2.24) is 10.6 Å². The molecule has 144 valence electrons. The first kappa shape index (κ1) is 20.9. The molecule has 0 bridgehead atoms. The molecular weight excluding hydrogens is 369 g/mol. The second kappa shape index (κ2) is 10.0. The lowest BCUT2D eigenvalue weighted by atomic mass is 10.1. The smallest absolute Gasteiger partial charge is 0.255 e. The Bertz CT molecular complexity index is 796. The molecule has 27 heavy (non-hydrogen) atoms. The molecule has 3 N–H and O–H groups in total. The topological polar surface area (TPSA) is 70.2 Å². The predicted octanol–water partition coefficient (Wildman–Crippen LogP) is 3.12. The van der Waals surface area contributed by atoms with Crippen LogP contribution in [0.15, 0.2) is 48.5 Å². The lowest BCUT2D eigenvalue weighted by Gasteiger charge is -2.09. The minimum Gasteiger partial charge on any atom is -0.351 e. The van der Waals surface area contributed by atoms with Crippen molar-refractivity contribution < 1.29 is 14.0 Å². The number of hydrogen-bond donors (Lipinski definition) is 3. The zero-order valence-corrected chi connectivity index (χ0v) is 15.7. The van der Waals surface area contributed by atoms with E-state index >= 15 is 0 Å². The van der Waals surface area contributed by atoms with Gasteiger partial charge in [-0.15, -0.1) is 12.4 Å². The Morgan fingerprint density at radius 1 is 1.07 bits per heavy atom. The largest absolute Gasteiger partial charge is 0.351 e.